The van der Waals surface area contributed by atoms with E-state index in [-0.39, 0.29) is 11.1 Å². The third-order valence-corrected chi connectivity index (χ3v) is 4.71. The highest BCUT2D eigenvalue weighted by Crippen LogP contribution is 2.28. The first kappa shape index (κ1) is 19.4. The number of dihydropyridines is 1. The van der Waals surface area contributed by atoms with Gasteiger partial charge in [-0.1, -0.05) is 18.2 Å². The Kier molecular flexibility index (Phi) is 5.90. The molecule has 144 valence electrons. The number of rotatable bonds is 8. The van der Waals surface area contributed by atoms with Gasteiger partial charge in [0, 0.05) is 49.2 Å². The molecule has 1 amide bonds. The van der Waals surface area contributed by atoms with E-state index in [0.29, 0.717) is 25.1 Å². The summed E-state index contributed by atoms with van der Waals surface area (Å²) in [5.74, 6) is -0.595. The Morgan fingerprint density at radius 3 is 2.75 bits per heavy atom. The van der Waals surface area contributed by atoms with Crippen LogP contribution in [0.4, 0.5) is 5.69 Å². The van der Waals surface area contributed by atoms with Crippen molar-refractivity contribution in [2.75, 3.05) is 13.1 Å². The van der Waals surface area contributed by atoms with Gasteiger partial charge in [0.2, 0.25) is 5.91 Å². The molecular weight excluding hydrogens is 358 g/mol. The van der Waals surface area contributed by atoms with Gasteiger partial charge in [-0.3, -0.25) is 24.9 Å². The van der Waals surface area contributed by atoms with Crippen molar-refractivity contribution in [3.63, 3.8) is 0 Å². The number of allylic oxidation sites excluding steroid dienone is 1. The zero-order valence-electron chi connectivity index (χ0n) is 15.2. The van der Waals surface area contributed by atoms with Gasteiger partial charge in [-0.2, -0.15) is 0 Å². The lowest BCUT2D eigenvalue weighted by atomic mass is 9.80. The number of aromatic nitrogens is 1. The molecule has 0 spiro atoms. The molecule has 2 atom stereocenters. The number of nitro benzene ring substituents is 1. The minimum Gasteiger partial charge on any atom is -0.368 e. The van der Waals surface area contributed by atoms with Crippen LogP contribution in [0.1, 0.15) is 17.2 Å². The van der Waals surface area contributed by atoms with Crippen LogP contribution >= 0.6 is 0 Å². The van der Waals surface area contributed by atoms with Crippen molar-refractivity contribution in [1.82, 2.24) is 10.3 Å². The number of carbonyl (C=O) groups is 1. The highest BCUT2D eigenvalue weighted by Gasteiger charge is 2.31. The van der Waals surface area contributed by atoms with Crippen molar-refractivity contribution in [3.8, 4) is 0 Å². The molecule has 0 fully saturated rings. The summed E-state index contributed by atoms with van der Waals surface area (Å²) in [6.07, 6.45) is 9.88. The fourth-order valence-corrected chi connectivity index (χ4v) is 3.30. The molecule has 1 aliphatic heterocycles. The van der Waals surface area contributed by atoms with Gasteiger partial charge in [-0.15, -0.1) is 0 Å². The van der Waals surface area contributed by atoms with Gasteiger partial charge < -0.3 is 11.1 Å². The number of hydrogen-bond donors (Lipinski definition) is 2. The van der Waals surface area contributed by atoms with Crippen LogP contribution in [0.2, 0.25) is 0 Å². The topological polar surface area (TPSA) is 124 Å². The second-order valence-electron chi connectivity index (χ2n) is 6.81. The second kappa shape index (κ2) is 8.53. The molecule has 1 aliphatic rings. The largest absolute Gasteiger partial charge is 0.368 e. The minimum absolute atomic E-state index is 0.0841. The summed E-state index contributed by atoms with van der Waals surface area (Å²) >= 11 is 0. The van der Waals surface area contributed by atoms with Crippen LogP contribution in [0, 0.1) is 15.5 Å². The standard InChI is InChI=1S/C20H21N5O3/c21-19(26)18(16-3-1-4-17(11-16)25(27)28)24-14-20(7-2-8-23-13-20)12-15-5-9-22-10-6-15/h1-11,18,24H,12-14H2,(H2,21,26). The highest BCUT2D eigenvalue weighted by atomic mass is 16.6. The van der Waals surface area contributed by atoms with Crippen LogP contribution in [-0.2, 0) is 11.2 Å². The minimum atomic E-state index is -0.839. The van der Waals surface area contributed by atoms with Gasteiger partial charge >= 0.3 is 0 Å². The highest BCUT2D eigenvalue weighted by molar-refractivity contribution is 5.81. The van der Waals surface area contributed by atoms with Crippen LogP contribution in [0.3, 0.4) is 0 Å². The molecule has 0 saturated heterocycles. The molecule has 3 N–H and O–H groups in total. The summed E-state index contributed by atoms with van der Waals surface area (Å²) in [5.41, 5.74) is 6.72. The fraction of sp³-hybridized carbons (Fsp3) is 0.250. The van der Waals surface area contributed by atoms with E-state index in [2.05, 4.69) is 21.4 Å². The zero-order valence-corrected chi connectivity index (χ0v) is 15.2. The zero-order chi connectivity index (χ0) is 20.0. The first-order chi connectivity index (χ1) is 13.5. The molecule has 8 heteroatoms. The lowest BCUT2D eigenvalue weighted by Gasteiger charge is -2.32. The van der Waals surface area contributed by atoms with Crippen LogP contribution < -0.4 is 11.1 Å². The van der Waals surface area contributed by atoms with Crippen molar-refractivity contribution >= 4 is 17.8 Å². The number of aliphatic imine (C=N–C) groups is 1. The predicted molar refractivity (Wildman–Crippen MR) is 106 cm³/mol. The van der Waals surface area contributed by atoms with E-state index in [1.165, 1.54) is 12.1 Å². The van der Waals surface area contributed by atoms with Crippen LogP contribution in [0.15, 0.2) is 65.9 Å². The maximum Gasteiger partial charge on any atom is 0.269 e. The van der Waals surface area contributed by atoms with Crippen molar-refractivity contribution in [3.05, 3.63) is 82.2 Å². The number of nitrogens with zero attached hydrogens (tertiary/aromatic N) is 3. The van der Waals surface area contributed by atoms with Gasteiger partial charge in [0.05, 0.1) is 4.92 Å². The lowest BCUT2D eigenvalue weighted by Crippen LogP contribution is -2.43. The molecule has 1 aromatic carbocycles. The summed E-state index contributed by atoms with van der Waals surface area (Å²) in [5, 5.41) is 14.2. The molecule has 0 radical (unpaired) electrons. The van der Waals surface area contributed by atoms with E-state index in [1.807, 2.05) is 18.2 Å². The molecule has 2 heterocycles. The molecular formula is C20H21N5O3. The molecule has 8 nitrogen and oxygen atoms in total. The molecule has 2 aromatic rings. The fourth-order valence-electron chi connectivity index (χ4n) is 3.30. The van der Waals surface area contributed by atoms with Crippen molar-refractivity contribution < 1.29 is 9.72 Å². The van der Waals surface area contributed by atoms with Gasteiger partial charge in [0.1, 0.15) is 6.04 Å². The normalized spacial score (nSPS) is 19.3. The Labute approximate surface area is 162 Å². The quantitative estimate of drug-likeness (QED) is 0.536. The molecule has 0 saturated carbocycles. The molecule has 3 rings (SSSR count). The predicted octanol–water partition coefficient (Wildman–Crippen LogP) is 1.98. The van der Waals surface area contributed by atoms with Gasteiger partial charge in [0.25, 0.3) is 5.69 Å². The van der Waals surface area contributed by atoms with Crippen molar-refractivity contribution in [1.29, 1.82) is 0 Å². The number of benzene rings is 1. The number of nitrogens with one attached hydrogen (secondary N) is 1. The molecule has 0 bridgehead atoms. The van der Waals surface area contributed by atoms with E-state index >= 15 is 0 Å². The van der Waals surface area contributed by atoms with Gasteiger partial charge in [-0.05, 0) is 35.8 Å². The smallest absolute Gasteiger partial charge is 0.269 e. The third-order valence-electron chi connectivity index (χ3n) is 4.71. The number of amides is 1. The average molecular weight is 379 g/mol. The van der Waals surface area contributed by atoms with E-state index in [1.54, 1.807) is 30.7 Å². The third kappa shape index (κ3) is 4.66. The lowest BCUT2D eigenvalue weighted by molar-refractivity contribution is -0.384. The number of nitro groups is 1. The molecule has 1 aromatic heterocycles. The van der Waals surface area contributed by atoms with E-state index in [4.69, 9.17) is 5.73 Å². The molecule has 0 aliphatic carbocycles. The Hall–Kier alpha value is -3.39. The number of hydrogen-bond acceptors (Lipinski definition) is 6. The van der Waals surface area contributed by atoms with Crippen LogP contribution in [-0.4, -0.2) is 35.1 Å². The average Bonchev–Trinajstić information content (AvgIpc) is 2.69. The Bertz CT molecular complexity index is 913. The second-order valence-corrected chi connectivity index (χ2v) is 6.81. The van der Waals surface area contributed by atoms with Crippen molar-refractivity contribution in [2.45, 2.75) is 12.5 Å². The van der Waals surface area contributed by atoms with Crippen LogP contribution in [0.25, 0.3) is 0 Å². The SMILES string of the molecule is NC(=O)C(NCC1(Cc2ccncc2)C=CC=NC1)c1cccc([N+](=O)[O-])c1. The summed E-state index contributed by atoms with van der Waals surface area (Å²) in [6.45, 7) is 0.985. The Morgan fingerprint density at radius 1 is 1.32 bits per heavy atom. The van der Waals surface area contributed by atoms with Crippen LogP contribution in [0.5, 0.6) is 0 Å². The van der Waals surface area contributed by atoms with E-state index in [0.717, 1.165) is 5.56 Å². The Balaban J connectivity index is 1.81. The molecule has 28 heavy (non-hydrogen) atoms. The van der Waals surface area contributed by atoms with Crippen molar-refractivity contribution in [2.24, 2.45) is 16.1 Å². The van der Waals surface area contributed by atoms with Gasteiger partial charge in [-0.25, -0.2) is 0 Å². The monoisotopic (exact) mass is 379 g/mol. The summed E-state index contributed by atoms with van der Waals surface area (Å²) in [7, 11) is 0. The summed E-state index contributed by atoms with van der Waals surface area (Å²) in [4.78, 5) is 31.0. The maximum absolute atomic E-state index is 12.1. The van der Waals surface area contributed by atoms with Gasteiger partial charge in [0.15, 0.2) is 0 Å². The number of nitrogens with two attached hydrogens (primary N) is 1. The van der Waals surface area contributed by atoms with E-state index < -0.39 is 16.9 Å². The Morgan fingerprint density at radius 2 is 2.11 bits per heavy atom. The maximum atomic E-state index is 12.1. The summed E-state index contributed by atoms with van der Waals surface area (Å²) < 4.78 is 0. The van der Waals surface area contributed by atoms with E-state index in [9.17, 15) is 14.9 Å². The molecule has 2 unspecified atom stereocenters. The number of carbonyl (C=O) groups excluding carboxylic acids is 1. The number of primary amides is 1. The first-order valence-electron chi connectivity index (χ1n) is 8.83. The first-order valence-corrected chi connectivity index (χ1v) is 8.83. The number of pyridine rings is 1. The summed E-state index contributed by atoms with van der Waals surface area (Å²) in [6, 6.07) is 8.99. The number of non-ortho nitro benzene ring substituents is 1.